The van der Waals surface area contributed by atoms with Crippen LogP contribution >= 0.6 is 11.6 Å². The van der Waals surface area contributed by atoms with E-state index in [9.17, 15) is 0 Å². The minimum absolute atomic E-state index is 0.399. The van der Waals surface area contributed by atoms with E-state index in [0.717, 1.165) is 16.1 Å². The van der Waals surface area contributed by atoms with Gasteiger partial charge in [0.15, 0.2) is 0 Å². The number of hydrogen-bond donors (Lipinski definition) is 0. The molecule has 0 radical (unpaired) electrons. The van der Waals surface area contributed by atoms with Gasteiger partial charge in [0, 0.05) is 16.6 Å². The Morgan fingerprint density at radius 1 is 1.27 bits per heavy atom. The van der Waals surface area contributed by atoms with Gasteiger partial charge in [0.2, 0.25) is 0 Å². The molecule has 1 aromatic carbocycles. The molecule has 1 aromatic heterocycles. The van der Waals surface area contributed by atoms with Crippen molar-refractivity contribution in [1.29, 1.82) is 0 Å². The quantitative estimate of drug-likeness (QED) is 0.696. The van der Waals surface area contributed by atoms with E-state index in [1.807, 2.05) is 18.3 Å². The smallest absolute Gasteiger partial charge is 0.0751 e. The first-order chi connectivity index (χ1) is 7.09. The predicted molar refractivity (Wildman–Crippen MR) is 65.6 cm³/mol. The molecule has 0 amide bonds. The van der Waals surface area contributed by atoms with E-state index < -0.39 is 0 Å². The molecule has 0 saturated heterocycles. The van der Waals surface area contributed by atoms with Gasteiger partial charge in [-0.15, -0.1) is 0 Å². The summed E-state index contributed by atoms with van der Waals surface area (Å²) in [6, 6.07) is 6.13. The van der Waals surface area contributed by atoms with E-state index in [1.165, 1.54) is 10.9 Å². The standard InChI is InChI=1S/C13H14ClN/c1-8(2)12-11(14)5-4-10-6-9(3)7-15-13(10)12/h4-8H,1-3H3. The third kappa shape index (κ3) is 1.84. The molecular formula is C13H14ClN. The fourth-order valence-electron chi connectivity index (χ4n) is 1.86. The van der Waals surface area contributed by atoms with Crippen molar-refractivity contribution in [3.8, 4) is 0 Å². The van der Waals surface area contributed by atoms with Gasteiger partial charge in [0.05, 0.1) is 5.52 Å². The first-order valence-corrected chi connectivity index (χ1v) is 5.52. The van der Waals surface area contributed by atoms with E-state index in [1.54, 1.807) is 0 Å². The lowest BCUT2D eigenvalue weighted by atomic mass is 9.99. The highest BCUT2D eigenvalue weighted by Gasteiger charge is 2.10. The number of halogens is 1. The zero-order chi connectivity index (χ0) is 11.0. The van der Waals surface area contributed by atoms with E-state index in [-0.39, 0.29) is 0 Å². The van der Waals surface area contributed by atoms with Gasteiger partial charge in [-0.25, -0.2) is 0 Å². The molecule has 78 valence electrons. The molecule has 0 bridgehead atoms. The Morgan fingerprint density at radius 2 is 2.00 bits per heavy atom. The molecule has 0 unspecified atom stereocenters. The second-order valence-corrected chi connectivity index (χ2v) is 4.61. The van der Waals surface area contributed by atoms with Crippen molar-refractivity contribution < 1.29 is 0 Å². The van der Waals surface area contributed by atoms with Crippen molar-refractivity contribution in [3.63, 3.8) is 0 Å². The van der Waals surface area contributed by atoms with Gasteiger partial charge in [0.1, 0.15) is 0 Å². The van der Waals surface area contributed by atoms with Gasteiger partial charge >= 0.3 is 0 Å². The largest absolute Gasteiger partial charge is 0.256 e. The molecule has 0 aliphatic heterocycles. The molecule has 0 saturated carbocycles. The average molecular weight is 220 g/mol. The van der Waals surface area contributed by atoms with Crippen LogP contribution in [0, 0.1) is 6.92 Å². The number of benzene rings is 1. The van der Waals surface area contributed by atoms with Gasteiger partial charge in [-0.2, -0.15) is 0 Å². The summed E-state index contributed by atoms with van der Waals surface area (Å²) >= 11 is 6.20. The van der Waals surface area contributed by atoms with Gasteiger partial charge in [-0.3, -0.25) is 4.98 Å². The summed E-state index contributed by atoms with van der Waals surface area (Å²) in [5.74, 6) is 0.399. The molecule has 0 aliphatic carbocycles. The van der Waals surface area contributed by atoms with Gasteiger partial charge < -0.3 is 0 Å². The van der Waals surface area contributed by atoms with Crippen LogP contribution in [0.4, 0.5) is 0 Å². The minimum atomic E-state index is 0.399. The predicted octanol–water partition coefficient (Wildman–Crippen LogP) is 4.32. The summed E-state index contributed by atoms with van der Waals surface area (Å²) < 4.78 is 0. The van der Waals surface area contributed by atoms with Crippen molar-refractivity contribution in [2.75, 3.05) is 0 Å². The molecule has 15 heavy (non-hydrogen) atoms. The second kappa shape index (κ2) is 3.82. The topological polar surface area (TPSA) is 12.9 Å². The Labute approximate surface area is 95.1 Å². The van der Waals surface area contributed by atoms with E-state index in [0.29, 0.717) is 5.92 Å². The normalized spacial score (nSPS) is 11.3. The van der Waals surface area contributed by atoms with E-state index in [4.69, 9.17) is 11.6 Å². The van der Waals surface area contributed by atoms with Crippen LogP contribution in [-0.2, 0) is 0 Å². The molecule has 2 heteroatoms. The zero-order valence-corrected chi connectivity index (χ0v) is 9.97. The number of nitrogens with zero attached hydrogens (tertiary/aromatic N) is 1. The Kier molecular flexibility index (Phi) is 2.66. The third-order valence-electron chi connectivity index (χ3n) is 2.55. The summed E-state index contributed by atoms with van der Waals surface area (Å²) in [5, 5.41) is 1.98. The number of aromatic nitrogens is 1. The zero-order valence-electron chi connectivity index (χ0n) is 9.21. The number of fused-ring (bicyclic) bond motifs is 1. The van der Waals surface area contributed by atoms with Gasteiger partial charge in [-0.05, 0) is 36.1 Å². The fourth-order valence-corrected chi connectivity index (χ4v) is 2.23. The number of rotatable bonds is 1. The molecule has 0 spiro atoms. The molecule has 0 aliphatic rings. The van der Waals surface area contributed by atoms with Gasteiger partial charge in [0.25, 0.3) is 0 Å². The Hall–Kier alpha value is -1.08. The minimum Gasteiger partial charge on any atom is -0.256 e. The fraction of sp³-hybridized carbons (Fsp3) is 0.308. The van der Waals surface area contributed by atoms with Crippen LogP contribution in [-0.4, -0.2) is 4.98 Å². The lowest BCUT2D eigenvalue weighted by molar-refractivity contribution is 0.873. The van der Waals surface area contributed by atoms with Crippen LogP contribution in [0.15, 0.2) is 24.4 Å². The Balaban J connectivity index is 2.82. The van der Waals surface area contributed by atoms with Crippen molar-refractivity contribution in [2.45, 2.75) is 26.7 Å². The molecule has 0 fully saturated rings. The number of hydrogen-bond acceptors (Lipinski definition) is 1. The van der Waals surface area contributed by atoms with Crippen LogP contribution in [0.1, 0.15) is 30.9 Å². The summed E-state index contributed by atoms with van der Waals surface area (Å²) in [6.45, 7) is 6.33. The third-order valence-corrected chi connectivity index (χ3v) is 2.88. The van der Waals surface area contributed by atoms with Crippen molar-refractivity contribution in [3.05, 3.63) is 40.5 Å². The monoisotopic (exact) mass is 219 g/mol. The lowest BCUT2D eigenvalue weighted by Gasteiger charge is -2.11. The second-order valence-electron chi connectivity index (χ2n) is 4.20. The van der Waals surface area contributed by atoms with Crippen molar-refractivity contribution in [2.24, 2.45) is 0 Å². The summed E-state index contributed by atoms with van der Waals surface area (Å²) in [4.78, 5) is 4.48. The summed E-state index contributed by atoms with van der Waals surface area (Å²) in [6.07, 6.45) is 1.89. The van der Waals surface area contributed by atoms with Crippen molar-refractivity contribution in [1.82, 2.24) is 4.98 Å². The first-order valence-electron chi connectivity index (χ1n) is 5.14. The Morgan fingerprint density at radius 3 is 2.67 bits per heavy atom. The summed E-state index contributed by atoms with van der Waals surface area (Å²) in [7, 11) is 0. The van der Waals surface area contributed by atoms with Crippen LogP contribution in [0.3, 0.4) is 0 Å². The highest BCUT2D eigenvalue weighted by Crippen LogP contribution is 2.30. The van der Waals surface area contributed by atoms with Crippen molar-refractivity contribution >= 4 is 22.5 Å². The first kappa shape index (κ1) is 10.4. The summed E-state index contributed by atoms with van der Waals surface area (Å²) in [5.41, 5.74) is 3.36. The SMILES string of the molecule is Cc1cnc2c(C(C)C)c(Cl)ccc2c1. The Bertz CT molecular complexity index is 503. The maximum absolute atomic E-state index is 6.20. The number of aryl methyl sites for hydroxylation is 1. The molecule has 1 nitrogen and oxygen atoms in total. The molecule has 0 N–H and O–H groups in total. The number of pyridine rings is 1. The van der Waals surface area contributed by atoms with Gasteiger partial charge in [-0.1, -0.05) is 31.5 Å². The maximum atomic E-state index is 6.20. The highest BCUT2D eigenvalue weighted by molar-refractivity contribution is 6.32. The molecule has 2 rings (SSSR count). The molecule has 2 aromatic rings. The average Bonchev–Trinajstić information content (AvgIpc) is 2.17. The van der Waals surface area contributed by atoms with Crippen LogP contribution < -0.4 is 0 Å². The van der Waals surface area contributed by atoms with E-state index >= 15 is 0 Å². The highest BCUT2D eigenvalue weighted by atomic mass is 35.5. The van der Waals surface area contributed by atoms with E-state index in [2.05, 4.69) is 31.8 Å². The van der Waals surface area contributed by atoms with Crippen LogP contribution in [0.25, 0.3) is 10.9 Å². The molecule has 0 atom stereocenters. The molecular weight excluding hydrogens is 206 g/mol. The van der Waals surface area contributed by atoms with Crippen LogP contribution in [0.2, 0.25) is 5.02 Å². The molecule has 1 heterocycles. The maximum Gasteiger partial charge on any atom is 0.0751 e. The van der Waals surface area contributed by atoms with Crippen LogP contribution in [0.5, 0.6) is 0 Å². The lowest BCUT2D eigenvalue weighted by Crippen LogP contribution is -1.93.